The summed E-state index contributed by atoms with van der Waals surface area (Å²) in [5, 5.41) is 5.00. The highest BCUT2D eigenvalue weighted by Crippen LogP contribution is 2.35. The number of hydrogen-bond donors (Lipinski definition) is 1. The molecule has 0 saturated carbocycles. The van der Waals surface area contributed by atoms with Gasteiger partial charge in [0.15, 0.2) is 5.13 Å². The lowest BCUT2D eigenvalue weighted by Crippen LogP contribution is -2.44. The van der Waals surface area contributed by atoms with E-state index in [1.54, 1.807) is 26.4 Å². The lowest BCUT2D eigenvalue weighted by atomic mass is 10.1. The second-order valence-electron chi connectivity index (χ2n) is 6.68. The predicted molar refractivity (Wildman–Crippen MR) is 113 cm³/mol. The minimum absolute atomic E-state index is 0.0494. The van der Waals surface area contributed by atoms with Crippen LogP contribution in [0.5, 0.6) is 11.5 Å². The van der Waals surface area contributed by atoms with Crippen molar-refractivity contribution in [3.63, 3.8) is 0 Å². The molecule has 1 aliphatic heterocycles. The number of carbonyl (C=O) groups excluding carboxylic acids is 1. The summed E-state index contributed by atoms with van der Waals surface area (Å²) >= 11 is 1.28. The van der Waals surface area contributed by atoms with Crippen molar-refractivity contribution in [3.05, 3.63) is 23.6 Å². The van der Waals surface area contributed by atoms with E-state index in [-0.39, 0.29) is 11.7 Å². The van der Waals surface area contributed by atoms with Crippen molar-refractivity contribution in [1.29, 1.82) is 0 Å². The van der Waals surface area contributed by atoms with E-state index in [0.29, 0.717) is 48.1 Å². The van der Waals surface area contributed by atoms with Crippen molar-refractivity contribution in [1.82, 2.24) is 9.29 Å². The SMILES string of the molecule is CCCS(=O)(=O)N1CCC[C@H]1C(=O)Nc1nc(-c2cc(OC)ccc2OC)cs1. The number of sulfonamides is 1. The quantitative estimate of drug-likeness (QED) is 0.679. The van der Waals surface area contributed by atoms with Gasteiger partial charge in [0.2, 0.25) is 15.9 Å². The van der Waals surface area contributed by atoms with E-state index in [0.717, 1.165) is 5.56 Å². The topological polar surface area (TPSA) is 97.8 Å². The van der Waals surface area contributed by atoms with Crippen LogP contribution < -0.4 is 14.8 Å². The first kappa shape index (κ1) is 21.5. The van der Waals surface area contributed by atoms with Gasteiger partial charge in [-0.25, -0.2) is 13.4 Å². The van der Waals surface area contributed by atoms with E-state index < -0.39 is 16.1 Å². The smallest absolute Gasteiger partial charge is 0.244 e. The number of thiazole rings is 1. The van der Waals surface area contributed by atoms with Gasteiger partial charge in [-0.1, -0.05) is 6.92 Å². The third-order valence-electron chi connectivity index (χ3n) is 4.74. The highest BCUT2D eigenvalue weighted by molar-refractivity contribution is 7.89. The highest BCUT2D eigenvalue weighted by atomic mass is 32.2. The van der Waals surface area contributed by atoms with Crippen molar-refractivity contribution < 1.29 is 22.7 Å². The molecule has 1 N–H and O–H groups in total. The first-order valence-electron chi connectivity index (χ1n) is 9.38. The fraction of sp³-hybridized carbons (Fsp3) is 0.474. The molecule has 2 aromatic rings. The first-order chi connectivity index (χ1) is 13.9. The number of hydrogen-bond acceptors (Lipinski definition) is 7. The second kappa shape index (κ2) is 9.10. The Labute approximate surface area is 174 Å². The van der Waals surface area contributed by atoms with Gasteiger partial charge in [0.05, 0.1) is 25.7 Å². The Morgan fingerprint density at radius 2 is 2.14 bits per heavy atom. The van der Waals surface area contributed by atoms with Crippen LogP contribution in [0.4, 0.5) is 5.13 Å². The molecule has 1 saturated heterocycles. The number of benzene rings is 1. The van der Waals surface area contributed by atoms with Gasteiger partial charge in [0.25, 0.3) is 0 Å². The zero-order valence-electron chi connectivity index (χ0n) is 16.7. The minimum atomic E-state index is -3.43. The summed E-state index contributed by atoms with van der Waals surface area (Å²) in [6, 6.07) is 4.71. The molecule has 0 aliphatic carbocycles. The van der Waals surface area contributed by atoms with Crippen LogP contribution >= 0.6 is 11.3 Å². The molecule has 0 unspecified atom stereocenters. The van der Waals surface area contributed by atoms with Crippen LogP contribution in [-0.4, -0.2) is 56.2 Å². The molecule has 1 aromatic carbocycles. The number of anilines is 1. The Morgan fingerprint density at radius 3 is 2.83 bits per heavy atom. The summed E-state index contributed by atoms with van der Waals surface area (Å²) in [6.45, 7) is 2.19. The maximum Gasteiger partial charge on any atom is 0.244 e. The molecule has 0 radical (unpaired) electrons. The van der Waals surface area contributed by atoms with E-state index in [2.05, 4.69) is 10.3 Å². The average Bonchev–Trinajstić information content (AvgIpc) is 3.37. The lowest BCUT2D eigenvalue weighted by Gasteiger charge is -2.22. The molecule has 2 heterocycles. The van der Waals surface area contributed by atoms with E-state index in [9.17, 15) is 13.2 Å². The second-order valence-corrected chi connectivity index (χ2v) is 9.58. The Balaban J connectivity index is 1.78. The van der Waals surface area contributed by atoms with Gasteiger partial charge in [-0.3, -0.25) is 4.79 Å². The number of nitrogens with one attached hydrogen (secondary N) is 1. The Kier molecular flexibility index (Phi) is 6.76. The molecular formula is C19H25N3O5S2. The fourth-order valence-electron chi connectivity index (χ4n) is 3.37. The van der Waals surface area contributed by atoms with Crippen molar-refractivity contribution in [2.75, 3.05) is 31.8 Å². The molecule has 0 spiro atoms. The molecule has 10 heteroatoms. The van der Waals surface area contributed by atoms with Crippen LogP contribution in [0.3, 0.4) is 0 Å². The summed E-state index contributed by atoms with van der Waals surface area (Å²) in [5.74, 6) is 1.01. The molecular weight excluding hydrogens is 414 g/mol. The van der Waals surface area contributed by atoms with Crippen LogP contribution in [0.15, 0.2) is 23.6 Å². The van der Waals surface area contributed by atoms with Gasteiger partial charge in [-0.05, 0) is 37.5 Å². The summed E-state index contributed by atoms with van der Waals surface area (Å²) in [6.07, 6.45) is 1.70. The number of ether oxygens (including phenoxy) is 2. The van der Waals surface area contributed by atoms with Gasteiger partial charge < -0.3 is 14.8 Å². The molecule has 158 valence electrons. The molecule has 1 aromatic heterocycles. The molecule has 0 bridgehead atoms. The number of amides is 1. The first-order valence-corrected chi connectivity index (χ1v) is 11.9. The minimum Gasteiger partial charge on any atom is -0.497 e. The van der Waals surface area contributed by atoms with Crippen LogP contribution in [-0.2, 0) is 14.8 Å². The van der Waals surface area contributed by atoms with Gasteiger partial charge in [-0.2, -0.15) is 4.31 Å². The van der Waals surface area contributed by atoms with E-state index in [1.165, 1.54) is 15.6 Å². The monoisotopic (exact) mass is 439 g/mol. The standard InChI is InChI=1S/C19H25N3O5S2/c1-4-10-29(24,25)22-9-5-6-16(22)18(23)21-19-20-15(12-28-19)14-11-13(26-2)7-8-17(14)27-3/h7-8,11-12,16H,4-6,9-10H2,1-3H3,(H,20,21,23)/t16-/m0/s1. The predicted octanol–water partition coefficient (Wildman–Crippen LogP) is 2.97. The van der Waals surface area contributed by atoms with Gasteiger partial charge in [-0.15, -0.1) is 11.3 Å². The molecule has 1 aliphatic rings. The Bertz CT molecular complexity index is 974. The number of rotatable bonds is 8. The van der Waals surface area contributed by atoms with E-state index in [4.69, 9.17) is 9.47 Å². The number of carbonyl (C=O) groups is 1. The molecule has 29 heavy (non-hydrogen) atoms. The maximum atomic E-state index is 12.8. The number of methoxy groups -OCH3 is 2. The normalized spacial score (nSPS) is 17.3. The van der Waals surface area contributed by atoms with Gasteiger partial charge in [0.1, 0.15) is 17.5 Å². The fourth-order valence-corrected chi connectivity index (χ4v) is 5.83. The molecule has 1 atom stereocenters. The van der Waals surface area contributed by atoms with Crippen molar-refractivity contribution in [2.24, 2.45) is 0 Å². The van der Waals surface area contributed by atoms with Gasteiger partial charge >= 0.3 is 0 Å². The summed E-state index contributed by atoms with van der Waals surface area (Å²) in [7, 11) is -0.269. The molecule has 1 amide bonds. The van der Waals surface area contributed by atoms with Crippen molar-refractivity contribution >= 4 is 32.4 Å². The highest BCUT2D eigenvalue weighted by Gasteiger charge is 2.38. The average molecular weight is 440 g/mol. The zero-order valence-corrected chi connectivity index (χ0v) is 18.3. The third kappa shape index (κ3) is 4.71. The van der Waals surface area contributed by atoms with Crippen LogP contribution in [0, 0.1) is 0 Å². The lowest BCUT2D eigenvalue weighted by molar-refractivity contribution is -0.119. The third-order valence-corrected chi connectivity index (χ3v) is 7.58. The van der Waals surface area contributed by atoms with Crippen molar-refractivity contribution in [3.8, 4) is 22.8 Å². The van der Waals surface area contributed by atoms with Crippen LogP contribution in [0.2, 0.25) is 0 Å². The van der Waals surface area contributed by atoms with Crippen molar-refractivity contribution in [2.45, 2.75) is 32.2 Å². The maximum absolute atomic E-state index is 12.8. The van der Waals surface area contributed by atoms with E-state index in [1.807, 2.05) is 18.4 Å². The van der Waals surface area contributed by atoms with Crippen LogP contribution in [0.1, 0.15) is 26.2 Å². The summed E-state index contributed by atoms with van der Waals surface area (Å²) in [5.41, 5.74) is 1.39. The number of aromatic nitrogens is 1. The largest absolute Gasteiger partial charge is 0.497 e. The summed E-state index contributed by atoms with van der Waals surface area (Å²) < 4.78 is 36.8. The molecule has 8 nitrogen and oxygen atoms in total. The van der Waals surface area contributed by atoms with Gasteiger partial charge in [0, 0.05) is 17.5 Å². The number of nitrogens with zero attached hydrogens (tertiary/aromatic N) is 2. The Hall–Kier alpha value is -2.17. The zero-order chi connectivity index (χ0) is 21.0. The summed E-state index contributed by atoms with van der Waals surface area (Å²) in [4.78, 5) is 17.2. The Morgan fingerprint density at radius 1 is 1.34 bits per heavy atom. The van der Waals surface area contributed by atoms with E-state index >= 15 is 0 Å². The molecule has 3 rings (SSSR count). The molecule has 1 fully saturated rings. The van der Waals surface area contributed by atoms with Crippen LogP contribution in [0.25, 0.3) is 11.3 Å².